The van der Waals surface area contributed by atoms with Crippen molar-refractivity contribution in [2.45, 2.75) is 19.4 Å². The molecule has 0 aromatic heterocycles. The average Bonchev–Trinajstić information content (AvgIpc) is 2.91. The standard InChI is InChI=1S/C35H28O/c1-35(2,36)33-23-8-7-18-32(33)34-30(28-19-9-14-24-12-3-5-16-26(24)28)21-11-22-31(34)29-20-10-15-25-13-4-6-17-27(25)29/h3-23,36H,1-2H3. The molecule has 0 aliphatic heterocycles. The van der Waals surface area contributed by atoms with Crippen molar-refractivity contribution in [3.05, 3.63) is 133 Å². The van der Waals surface area contributed by atoms with Gasteiger partial charge in [0.1, 0.15) is 0 Å². The Kier molecular flexibility index (Phi) is 5.44. The van der Waals surface area contributed by atoms with Crippen LogP contribution in [0.5, 0.6) is 0 Å². The van der Waals surface area contributed by atoms with Crippen molar-refractivity contribution in [3.63, 3.8) is 0 Å². The van der Waals surface area contributed by atoms with Gasteiger partial charge in [0.15, 0.2) is 0 Å². The molecule has 1 heteroatoms. The van der Waals surface area contributed by atoms with Crippen molar-refractivity contribution in [2.75, 3.05) is 0 Å². The van der Waals surface area contributed by atoms with Gasteiger partial charge in [0, 0.05) is 0 Å². The van der Waals surface area contributed by atoms with Crippen LogP contribution in [-0.2, 0) is 5.60 Å². The van der Waals surface area contributed by atoms with Crippen molar-refractivity contribution in [3.8, 4) is 33.4 Å². The largest absolute Gasteiger partial charge is 0.386 e. The first kappa shape index (κ1) is 22.3. The van der Waals surface area contributed by atoms with Crippen LogP contribution in [0.3, 0.4) is 0 Å². The summed E-state index contributed by atoms with van der Waals surface area (Å²) >= 11 is 0. The van der Waals surface area contributed by atoms with E-state index in [1.807, 2.05) is 26.0 Å². The molecule has 0 saturated carbocycles. The van der Waals surface area contributed by atoms with E-state index in [2.05, 4.69) is 115 Å². The minimum atomic E-state index is -0.988. The van der Waals surface area contributed by atoms with Crippen LogP contribution in [0.15, 0.2) is 127 Å². The zero-order chi connectivity index (χ0) is 24.7. The molecule has 0 spiro atoms. The minimum Gasteiger partial charge on any atom is -0.386 e. The van der Waals surface area contributed by atoms with E-state index in [1.165, 1.54) is 32.7 Å². The van der Waals surface area contributed by atoms with Crippen LogP contribution < -0.4 is 0 Å². The Morgan fingerprint density at radius 1 is 0.417 bits per heavy atom. The molecule has 0 amide bonds. The molecule has 36 heavy (non-hydrogen) atoms. The molecule has 0 aliphatic carbocycles. The highest BCUT2D eigenvalue weighted by Crippen LogP contribution is 2.46. The predicted octanol–water partition coefficient (Wildman–Crippen LogP) is 9.22. The SMILES string of the molecule is CC(C)(O)c1ccccc1-c1c(-c2cccc3ccccc23)cccc1-c1cccc2ccccc12. The second kappa shape index (κ2) is 8.78. The first-order valence-corrected chi connectivity index (χ1v) is 12.4. The molecule has 0 unspecified atom stereocenters. The van der Waals surface area contributed by atoms with Crippen LogP contribution in [0.1, 0.15) is 19.4 Å². The van der Waals surface area contributed by atoms with E-state index in [0.29, 0.717) is 0 Å². The Balaban J connectivity index is 1.77. The highest BCUT2D eigenvalue weighted by molar-refractivity contribution is 6.07. The molecule has 1 N–H and O–H groups in total. The van der Waals surface area contributed by atoms with Crippen LogP contribution in [0.2, 0.25) is 0 Å². The summed E-state index contributed by atoms with van der Waals surface area (Å²) in [4.78, 5) is 0. The summed E-state index contributed by atoms with van der Waals surface area (Å²) in [5.41, 5.74) is 6.83. The van der Waals surface area contributed by atoms with Gasteiger partial charge in [-0.3, -0.25) is 0 Å². The monoisotopic (exact) mass is 464 g/mol. The van der Waals surface area contributed by atoms with Crippen LogP contribution in [-0.4, -0.2) is 5.11 Å². The van der Waals surface area contributed by atoms with Crippen molar-refractivity contribution in [1.82, 2.24) is 0 Å². The summed E-state index contributed by atoms with van der Waals surface area (Å²) in [7, 11) is 0. The molecule has 6 aromatic rings. The number of hydrogen-bond acceptors (Lipinski definition) is 1. The van der Waals surface area contributed by atoms with Crippen LogP contribution in [0, 0.1) is 0 Å². The van der Waals surface area contributed by atoms with Crippen LogP contribution in [0.4, 0.5) is 0 Å². The molecule has 0 bridgehead atoms. The van der Waals surface area contributed by atoms with E-state index in [-0.39, 0.29) is 0 Å². The lowest BCUT2D eigenvalue weighted by molar-refractivity contribution is 0.0792. The Hall–Kier alpha value is -4.20. The first-order valence-electron chi connectivity index (χ1n) is 12.4. The molecule has 0 radical (unpaired) electrons. The van der Waals surface area contributed by atoms with Gasteiger partial charge in [0.25, 0.3) is 0 Å². The third-order valence-electron chi connectivity index (χ3n) is 7.08. The van der Waals surface area contributed by atoms with E-state index < -0.39 is 5.60 Å². The van der Waals surface area contributed by atoms with Gasteiger partial charge in [-0.1, -0.05) is 127 Å². The quantitative estimate of drug-likeness (QED) is 0.276. The van der Waals surface area contributed by atoms with E-state index in [9.17, 15) is 5.11 Å². The van der Waals surface area contributed by atoms with E-state index >= 15 is 0 Å². The number of aliphatic hydroxyl groups is 1. The number of rotatable bonds is 4. The average molecular weight is 465 g/mol. The van der Waals surface area contributed by atoms with Gasteiger partial charge in [-0.15, -0.1) is 0 Å². The topological polar surface area (TPSA) is 20.2 Å². The van der Waals surface area contributed by atoms with E-state index in [0.717, 1.165) is 27.8 Å². The lowest BCUT2D eigenvalue weighted by Gasteiger charge is -2.25. The number of fused-ring (bicyclic) bond motifs is 2. The Morgan fingerprint density at radius 2 is 0.806 bits per heavy atom. The van der Waals surface area contributed by atoms with Crippen molar-refractivity contribution >= 4 is 21.5 Å². The van der Waals surface area contributed by atoms with E-state index in [4.69, 9.17) is 0 Å². The minimum absolute atomic E-state index is 0.916. The van der Waals surface area contributed by atoms with E-state index in [1.54, 1.807) is 0 Å². The molecule has 0 atom stereocenters. The molecule has 0 fully saturated rings. The van der Waals surface area contributed by atoms with Gasteiger partial charge in [0.05, 0.1) is 5.60 Å². The van der Waals surface area contributed by atoms with Crippen LogP contribution in [0.25, 0.3) is 54.9 Å². The summed E-state index contributed by atoms with van der Waals surface area (Å²) in [6, 6.07) is 45.0. The molecule has 1 nitrogen and oxygen atoms in total. The Labute approximate surface area is 212 Å². The van der Waals surface area contributed by atoms with Gasteiger partial charge >= 0.3 is 0 Å². The Bertz CT molecular complexity index is 1610. The normalized spacial score (nSPS) is 11.8. The molecule has 6 aromatic carbocycles. The predicted molar refractivity (Wildman–Crippen MR) is 153 cm³/mol. The van der Waals surface area contributed by atoms with Gasteiger partial charge < -0.3 is 5.11 Å². The maximum Gasteiger partial charge on any atom is 0.0846 e. The zero-order valence-corrected chi connectivity index (χ0v) is 20.6. The lowest BCUT2D eigenvalue weighted by Crippen LogP contribution is -2.17. The molecule has 0 aliphatic rings. The van der Waals surface area contributed by atoms with Gasteiger partial charge in [-0.2, -0.15) is 0 Å². The fraction of sp³-hybridized carbons (Fsp3) is 0.0857. The summed E-state index contributed by atoms with van der Waals surface area (Å²) in [6.07, 6.45) is 0. The fourth-order valence-corrected chi connectivity index (χ4v) is 5.45. The smallest absolute Gasteiger partial charge is 0.0846 e. The lowest BCUT2D eigenvalue weighted by atomic mass is 9.81. The van der Waals surface area contributed by atoms with Crippen molar-refractivity contribution in [1.29, 1.82) is 0 Å². The third kappa shape index (κ3) is 3.79. The number of hydrogen-bond donors (Lipinski definition) is 1. The first-order chi connectivity index (χ1) is 17.5. The summed E-state index contributed by atoms with van der Waals surface area (Å²) in [5, 5.41) is 16.1. The molecular weight excluding hydrogens is 436 g/mol. The van der Waals surface area contributed by atoms with Crippen molar-refractivity contribution in [2.24, 2.45) is 0 Å². The highest BCUT2D eigenvalue weighted by atomic mass is 16.3. The molecule has 6 rings (SSSR count). The summed E-state index contributed by atoms with van der Waals surface area (Å²) in [5.74, 6) is 0. The summed E-state index contributed by atoms with van der Waals surface area (Å²) in [6.45, 7) is 3.73. The zero-order valence-electron chi connectivity index (χ0n) is 20.6. The van der Waals surface area contributed by atoms with Crippen LogP contribution >= 0.6 is 0 Å². The van der Waals surface area contributed by atoms with Gasteiger partial charge in [-0.25, -0.2) is 0 Å². The Morgan fingerprint density at radius 3 is 1.36 bits per heavy atom. The highest BCUT2D eigenvalue weighted by Gasteiger charge is 2.24. The fourth-order valence-electron chi connectivity index (χ4n) is 5.45. The molecule has 0 saturated heterocycles. The van der Waals surface area contributed by atoms with Gasteiger partial charge in [0.2, 0.25) is 0 Å². The summed E-state index contributed by atoms with van der Waals surface area (Å²) < 4.78 is 0. The molecule has 0 heterocycles. The second-order valence-electron chi connectivity index (χ2n) is 9.89. The number of benzene rings is 6. The van der Waals surface area contributed by atoms with Crippen molar-refractivity contribution < 1.29 is 5.11 Å². The molecular formula is C35H28O. The van der Waals surface area contributed by atoms with Gasteiger partial charge in [-0.05, 0) is 74.3 Å². The third-order valence-corrected chi connectivity index (χ3v) is 7.08. The maximum atomic E-state index is 11.2. The second-order valence-corrected chi connectivity index (χ2v) is 9.89. The molecule has 174 valence electrons. The maximum absolute atomic E-state index is 11.2.